The smallest absolute Gasteiger partial charge is 0.338 e. The van der Waals surface area contributed by atoms with Gasteiger partial charge < -0.3 is 19.9 Å². The quantitative estimate of drug-likeness (QED) is 0.730. The second kappa shape index (κ2) is 6.95. The van der Waals surface area contributed by atoms with Crippen LogP contribution in [0, 0.1) is 0 Å². The van der Waals surface area contributed by atoms with Crippen LogP contribution in [0.4, 0.5) is 0 Å². The van der Waals surface area contributed by atoms with Gasteiger partial charge >= 0.3 is 5.97 Å². The predicted molar refractivity (Wildman–Crippen MR) is 78.4 cm³/mol. The molecule has 5 heteroatoms. The first-order chi connectivity index (χ1) is 10.0. The molecule has 0 saturated carbocycles. The molecule has 21 heavy (non-hydrogen) atoms. The standard InChI is InChI=1S/C16H19NO4/c1-11(2-3-12-4-6-14(18)7-5-12)17-9-15-8-13(10-21-15)16(19)20/h4-8,10-11,17-18H,2-3,9H2,1H3,(H,19,20). The van der Waals surface area contributed by atoms with Gasteiger partial charge in [-0.2, -0.15) is 0 Å². The highest BCUT2D eigenvalue weighted by atomic mass is 16.4. The Balaban J connectivity index is 1.75. The molecule has 1 unspecified atom stereocenters. The Hall–Kier alpha value is -2.27. The summed E-state index contributed by atoms with van der Waals surface area (Å²) in [5, 5.41) is 21.3. The van der Waals surface area contributed by atoms with E-state index in [1.54, 1.807) is 12.1 Å². The van der Waals surface area contributed by atoms with Crippen molar-refractivity contribution in [3.8, 4) is 5.75 Å². The fourth-order valence-electron chi connectivity index (χ4n) is 2.01. The lowest BCUT2D eigenvalue weighted by molar-refractivity contribution is 0.0696. The van der Waals surface area contributed by atoms with Crippen LogP contribution in [0.1, 0.15) is 35.0 Å². The van der Waals surface area contributed by atoms with Gasteiger partial charge in [-0.25, -0.2) is 4.79 Å². The van der Waals surface area contributed by atoms with Crippen LogP contribution in [0.15, 0.2) is 41.0 Å². The van der Waals surface area contributed by atoms with Gasteiger partial charge in [0, 0.05) is 6.04 Å². The molecular weight excluding hydrogens is 270 g/mol. The van der Waals surface area contributed by atoms with Gasteiger partial charge in [-0.3, -0.25) is 0 Å². The molecule has 0 bridgehead atoms. The molecule has 2 rings (SSSR count). The summed E-state index contributed by atoms with van der Waals surface area (Å²) >= 11 is 0. The zero-order valence-electron chi connectivity index (χ0n) is 11.9. The number of aromatic hydroxyl groups is 1. The van der Waals surface area contributed by atoms with E-state index in [0.29, 0.717) is 12.3 Å². The Labute approximate surface area is 123 Å². The maximum atomic E-state index is 10.7. The summed E-state index contributed by atoms with van der Waals surface area (Å²) in [4.78, 5) is 10.7. The van der Waals surface area contributed by atoms with Gasteiger partial charge in [-0.05, 0) is 43.5 Å². The number of hydrogen-bond donors (Lipinski definition) is 3. The molecule has 0 radical (unpaired) electrons. The van der Waals surface area contributed by atoms with Crippen molar-refractivity contribution in [1.82, 2.24) is 5.32 Å². The molecule has 1 aromatic carbocycles. The zero-order valence-corrected chi connectivity index (χ0v) is 11.9. The van der Waals surface area contributed by atoms with E-state index >= 15 is 0 Å². The Morgan fingerprint density at radius 2 is 2.05 bits per heavy atom. The molecular formula is C16H19NO4. The number of carboxylic acid groups (broad SMARTS) is 1. The third-order valence-electron chi connectivity index (χ3n) is 3.33. The number of phenols is 1. The number of nitrogens with one attached hydrogen (secondary N) is 1. The number of phenolic OH excluding ortho intramolecular Hbond substituents is 1. The molecule has 0 fully saturated rings. The Kier molecular flexibility index (Phi) is 5.00. The van der Waals surface area contributed by atoms with Crippen molar-refractivity contribution in [2.75, 3.05) is 0 Å². The van der Waals surface area contributed by atoms with E-state index in [4.69, 9.17) is 9.52 Å². The third kappa shape index (κ3) is 4.65. The molecule has 0 saturated heterocycles. The SMILES string of the molecule is CC(CCc1ccc(O)cc1)NCc1cc(C(=O)O)co1. The number of aromatic carboxylic acids is 1. The van der Waals surface area contributed by atoms with Crippen LogP contribution in [0.2, 0.25) is 0 Å². The van der Waals surface area contributed by atoms with Gasteiger partial charge in [0.2, 0.25) is 0 Å². The monoisotopic (exact) mass is 289 g/mol. The fourth-order valence-corrected chi connectivity index (χ4v) is 2.01. The van der Waals surface area contributed by atoms with Gasteiger partial charge in [0.25, 0.3) is 0 Å². The van der Waals surface area contributed by atoms with E-state index in [1.165, 1.54) is 17.9 Å². The van der Waals surface area contributed by atoms with Crippen LogP contribution in [-0.2, 0) is 13.0 Å². The van der Waals surface area contributed by atoms with Crippen molar-refractivity contribution in [2.24, 2.45) is 0 Å². The third-order valence-corrected chi connectivity index (χ3v) is 3.33. The number of benzene rings is 1. The molecule has 5 nitrogen and oxygen atoms in total. The van der Waals surface area contributed by atoms with Crippen LogP contribution in [0.3, 0.4) is 0 Å². The van der Waals surface area contributed by atoms with E-state index in [1.807, 2.05) is 12.1 Å². The Bertz CT molecular complexity index is 589. The van der Waals surface area contributed by atoms with Gasteiger partial charge in [0.15, 0.2) is 0 Å². The summed E-state index contributed by atoms with van der Waals surface area (Å²) in [7, 11) is 0. The van der Waals surface area contributed by atoms with Crippen molar-refractivity contribution in [3.63, 3.8) is 0 Å². The van der Waals surface area contributed by atoms with Crippen LogP contribution >= 0.6 is 0 Å². The summed E-state index contributed by atoms with van der Waals surface area (Å²) in [5.74, 6) is -0.0914. The first kappa shape index (κ1) is 15.1. The second-order valence-electron chi connectivity index (χ2n) is 5.09. The van der Waals surface area contributed by atoms with Gasteiger partial charge in [0.1, 0.15) is 17.8 Å². The predicted octanol–water partition coefficient (Wildman–Crippen LogP) is 2.79. The maximum Gasteiger partial charge on any atom is 0.338 e. The van der Waals surface area contributed by atoms with Crippen molar-refractivity contribution < 1.29 is 19.4 Å². The highest BCUT2D eigenvalue weighted by molar-refractivity contribution is 5.87. The number of rotatable bonds is 7. The first-order valence-electron chi connectivity index (χ1n) is 6.86. The van der Waals surface area contributed by atoms with E-state index in [2.05, 4.69) is 12.2 Å². The lowest BCUT2D eigenvalue weighted by Crippen LogP contribution is -2.25. The molecule has 1 aromatic heterocycles. The molecule has 0 aliphatic heterocycles. The van der Waals surface area contributed by atoms with E-state index in [0.717, 1.165) is 12.8 Å². The van der Waals surface area contributed by atoms with Gasteiger partial charge in [-0.1, -0.05) is 12.1 Å². The number of carbonyl (C=O) groups is 1. The van der Waals surface area contributed by atoms with E-state index in [9.17, 15) is 9.90 Å². The number of carboxylic acids is 1. The normalized spacial score (nSPS) is 12.2. The number of aryl methyl sites for hydroxylation is 1. The lowest BCUT2D eigenvalue weighted by Gasteiger charge is -2.12. The van der Waals surface area contributed by atoms with E-state index < -0.39 is 5.97 Å². The minimum atomic E-state index is -0.981. The first-order valence-corrected chi connectivity index (χ1v) is 6.86. The molecule has 0 amide bonds. The summed E-state index contributed by atoms with van der Waals surface area (Å²) in [6, 6.07) is 8.99. The van der Waals surface area contributed by atoms with Crippen molar-refractivity contribution in [2.45, 2.75) is 32.4 Å². The summed E-state index contributed by atoms with van der Waals surface area (Å²) < 4.78 is 5.18. The largest absolute Gasteiger partial charge is 0.508 e. The van der Waals surface area contributed by atoms with Crippen LogP contribution in [0.25, 0.3) is 0 Å². The average molecular weight is 289 g/mol. The highest BCUT2D eigenvalue weighted by Crippen LogP contribution is 2.12. The Morgan fingerprint density at radius 1 is 1.33 bits per heavy atom. The number of hydrogen-bond acceptors (Lipinski definition) is 4. The van der Waals surface area contributed by atoms with Crippen molar-refractivity contribution in [3.05, 3.63) is 53.5 Å². The molecule has 0 aliphatic rings. The molecule has 112 valence electrons. The van der Waals surface area contributed by atoms with Crippen molar-refractivity contribution in [1.29, 1.82) is 0 Å². The Morgan fingerprint density at radius 3 is 2.67 bits per heavy atom. The minimum absolute atomic E-state index is 0.170. The van der Waals surface area contributed by atoms with Gasteiger partial charge in [0.05, 0.1) is 12.1 Å². The minimum Gasteiger partial charge on any atom is -0.508 e. The summed E-state index contributed by atoms with van der Waals surface area (Å²) in [6.07, 6.45) is 3.10. The lowest BCUT2D eigenvalue weighted by atomic mass is 10.1. The molecule has 1 atom stereocenters. The van der Waals surface area contributed by atoms with Gasteiger partial charge in [-0.15, -0.1) is 0 Å². The number of furan rings is 1. The summed E-state index contributed by atoms with van der Waals surface area (Å²) in [6.45, 7) is 2.57. The van der Waals surface area contributed by atoms with Crippen molar-refractivity contribution >= 4 is 5.97 Å². The van der Waals surface area contributed by atoms with Crippen LogP contribution in [0.5, 0.6) is 5.75 Å². The topological polar surface area (TPSA) is 82.7 Å². The molecule has 3 N–H and O–H groups in total. The maximum absolute atomic E-state index is 10.7. The molecule has 2 aromatic rings. The summed E-state index contributed by atoms with van der Waals surface area (Å²) in [5.41, 5.74) is 1.34. The molecule has 0 aliphatic carbocycles. The average Bonchev–Trinajstić information content (AvgIpc) is 2.93. The van der Waals surface area contributed by atoms with Crippen LogP contribution < -0.4 is 5.32 Å². The fraction of sp³-hybridized carbons (Fsp3) is 0.312. The molecule has 0 spiro atoms. The van der Waals surface area contributed by atoms with Crippen LogP contribution in [-0.4, -0.2) is 22.2 Å². The molecule has 1 heterocycles. The zero-order chi connectivity index (χ0) is 15.2. The second-order valence-corrected chi connectivity index (χ2v) is 5.09. The highest BCUT2D eigenvalue weighted by Gasteiger charge is 2.09. The van der Waals surface area contributed by atoms with E-state index in [-0.39, 0.29) is 17.4 Å².